The molecule has 10 heavy (non-hydrogen) atoms. The molecule has 7 heteroatoms. The van der Waals surface area contributed by atoms with E-state index < -0.39 is 16.9 Å². The Kier molecular flexibility index (Phi) is 6.48. The van der Waals surface area contributed by atoms with Crippen molar-refractivity contribution in [3.8, 4) is 0 Å². The van der Waals surface area contributed by atoms with Crippen LogP contribution in [0, 0.1) is 0 Å². The van der Waals surface area contributed by atoms with Gasteiger partial charge in [0.25, 0.3) is 0 Å². The highest BCUT2D eigenvalue weighted by atomic mass is 35.5. The van der Waals surface area contributed by atoms with Crippen LogP contribution in [0.2, 0.25) is 0 Å². The summed E-state index contributed by atoms with van der Waals surface area (Å²) in [5.41, 5.74) is 0. The monoisotopic (exact) mass is 188 g/mol. The summed E-state index contributed by atoms with van der Waals surface area (Å²) in [5.74, 6) is 0. The van der Waals surface area contributed by atoms with Crippen LogP contribution in [0.25, 0.3) is 0 Å². The minimum absolute atomic E-state index is 0. The fraction of sp³-hybridized carbons (Fsp3) is 0.667. The number of hydrogen-bond acceptors (Lipinski definition) is 3. The lowest BCUT2D eigenvalue weighted by Gasteiger charge is -2.06. The molecule has 0 aliphatic rings. The maximum Gasteiger partial charge on any atom is 0.330 e. The molecule has 0 atom stereocenters. The van der Waals surface area contributed by atoms with Crippen molar-refractivity contribution in [2.75, 3.05) is 14.1 Å². The average Bonchev–Trinajstić information content (AvgIpc) is 1.63. The second-order valence-electron chi connectivity index (χ2n) is 1.57. The van der Waals surface area contributed by atoms with E-state index in [9.17, 15) is 13.2 Å². The number of nitrogens with zero attached hydrogens (tertiary/aromatic N) is 1. The lowest BCUT2D eigenvalue weighted by atomic mass is 10.9. The summed E-state index contributed by atoms with van der Waals surface area (Å²) in [4.78, 5) is 11.5. The van der Waals surface area contributed by atoms with Crippen LogP contribution in [0.4, 0.5) is 4.79 Å². The van der Waals surface area contributed by atoms with E-state index in [4.69, 9.17) is 0 Å². The number of carbonyl (C=O) groups is 1. The predicted octanol–water partition coefficient (Wildman–Crippen LogP) is -0.794. The number of thiol groups is 1. The molecule has 0 aliphatic heterocycles. The molecule has 0 radical (unpaired) electrons. The van der Waals surface area contributed by atoms with Gasteiger partial charge in [-0.25, -0.2) is 17.9 Å². The zero-order valence-corrected chi connectivity index (χ0v) is 7.24. The number of hydrogen-bond donors (Lipinski definition) is 2. The molecule has 0 saturated carbocycles. The van der Waals surface area contributed by atoms with Gasteiger partial charge in [0.2, 0.25) is 10.9 Å². The molecule has 0 rings (SSSR count). The van der Waals surface area contributed by atoms with Gasteiger partial charge in [-0.1, -0.05) is 0 Å². The van der Waals surface area contributed by atoms with E-state index in [0.717, 1.165) is 4.90 Å². The zero-order chi connectivity index (χ0) is 7.44. The average molecular weight is 189 g/mol. The molecule has 0 bridgehead atoms. The van der Waals surface area contributed by atoms with Crippen LogP contribution in [0.1, 0.15) is 0 Å². The maximum atomic E-state index is 10.4. The van der Waals surface area contributed by atoms with Crippen LogP contribution < -0.4 is 4.72 Å². The first-order valence-corrected chi connectivity index (χ1v) is 3.34. The van der Waals surface area contributed by atoms with E-state index in [0.29, 0.717) is 0 Å². The normalized spacial score (nSPS) is 8.30. The van der Waals surface area contributed by atoms with Gasteiger partial charge in [-0.3, -0.25) is 0 Å². The predicted molar refractivity (Wildman–Crippen MR) is 39.8 cm³/mol. The fourth-order valence-electron chi connectivity index (χ4n) is 0.178. The molecule has 62 valence electrons. The number of urea groups is 1. The first-order valence-electron chi connectivity index (χ1n) is 2.16. The molecule has 5 nitrogen and oxygen atoms in total. The molecule has 0 aromatic carbocycles. The van der Waals surface area contributed by atoms with Crippen molar-refractivity contribution in [1.82, 2.24) is 9.62 Å². The Balaban J connectivity index is 0. The van der Waals surface area contributed by atoms with Crippen molar-refractivity contribution in [2.45, 2.75) is 0 Å². The van der Waals surface area contributed by atoms with Crippen LogP contribution in [-0.2, 0) is 10.9 Å². The number of nitrogens with one attached hydrogen (secondary N) is 1. The standard InChI is InChI=1S/C3H8N2O3S.ClH/c1-5(2)3(6)4-9(7)8;/h9H,1-2H3,(H,4,6,7,8);1H. The highest BCUT2D eigenvalue weighted by Gasteiger charge is 2.00. The molecule has 0 heterocycles. The summed E-state index contributed by atoms with van der Waals surface area (Å²) >= 11 is 0. The number of halogens is 1. The zero-order valence-electron chi connectivity index (χ0n) is 5.53. The summed E-state index contributed by atoms with van der Waals surface area (Å²) in [6.45, 7) is 0. The van der Waals surface area contributed by atoms with Crippen molar-refractivity contribution >= 4 is 29.3 Å². The van der Waals surface area contributed by atoms with Crippen LogP contribution in [0.15, 0.2) is 0 Å². The Bertz CT molecular complexity index is 171. The van der Waals surface area contributed by atoms with Gasteiger partial charge in [-0.15, -0.1) is 12.4 Å². The molecular formula is C3H9ClN2O3S. The smallest absolute Gasteiger partial charge is 0.330 e. The topological polar surface area (TPSA) is 66.5 Å². The van der Waals surface area contributed by atoms with Crippen molar-refractivity contribution in [3.63, 3.8) is 0 Å². The Labute approximate surface area is 66.9 Å². The van der Waals surface area contributed by atoms with E-state index in [-0.39, 0.29) is 12.4 Å². The summed E-state index contributed by atoms with van der Waals surface area (Å²) in [6.07, 6.45) is 0. The lowest BCUT2D eigenvalue weighted by Crippen LogP contribution is -2.33. The van der Waals surface area contributed by atoms with Crippen LogP contribution >= 0.6 is 12.4 Å². The molecule has 0 unspecified atom stereocenters. The van der Waals surface area contributed by atoms with E-state index in [1.807, 2.05) is 0 Å². The highest BCUT2D eigenvalue weighted by Crippen LogP contribution is 1.73. The van der Waals surface area contributed by atoms with E-state index in [1.54, 1.807) is 4.72 Å². The molecular weight excluding hydrogens is 180 g/mol. The minimum Gasteiger partial charge on any atom is -0.330 e. The summed E-state index contributed by atoms with van der Waals surface area (Å²) in [5, 5.41) is 0. The van der Waals surface area contributed by atoms with Gasteiger partial charge in [-0.2, -0.15) is 0 Å². The Morgan fingerprint density at radius 2 is 1.80 bits per heavy atom. The molecule has 0 saturated heterocycles. The van der Waals surface area contributed by atoms with Crippen LogP contribution in [0.3, 0.4) is 0 Å². The van der Waals surface area contributed by atoms with Crippen molar-refractivity contribution in [2.24, 2.45) is 0 Å². The SMILES string of the molecule is CN(C)C(=O)N[SH](=O)=O.Cl. The molecule has 0 fully saturated rings. The second-order valence-corrected chi connectivity index (χ2v) is 2.31. The maximum absolute atomic E-state index is 10.4. The Morgan fingerprint density at radius 1 is 1.40 bits per heavy atom. The van der Waals surface area contributed by atoms with Gasteiger partial charge in [0.05, 0.1) is 0 Å². The fourth-order valence-corrected chi connectivity index (χ4v) is 0.534. The Morgan fingerprint density at radius 3 is 1.90 bits per heavy atom. The first kappa shape index (κ1) is 12.2. The first-order chi connectivity index (χ1) is 4.04. The highest BCUT2D eigenvalue weighted by molar-refractivity contribution is 7.70. The molecule has 0 aromatic heterocycles. The summed E-state index contributed by atoms with van der Waals surface area (Å²) in [7, 11) is 0.0916. The van der Waals surface area contributed by atoms with Gasteiger partial charge in [0, 0.05) is 14.1 Å². The largest absolute Gasteiger partial charge is 0.330 e. The third-order valence-electron chi connectivity index (χ3n) is 0.593. The molecule has 2 amide bonds. The van der Waals surface area contributed by atoms with Crippen molar-refractivity contribution in [3.05, 3.63) is 0 Å². The van der Waals surface area contributed by atoms with Gasteiger partial charge in [-0.05, 0) is 0 Å². The van der Waals surface area contributed by atoms with E-state index in [2.05, 4.69) is 0 Å². The molecule has 0 spiro atoms. The number of amides is 2. The van der Waals surface area contributed by atoms with Gasteiger partial charge in [0.15, 0.2) is 0 Å². The lowest BCUT2D eigenvalue weighted by molar-refractivity contribution is 0.223. The second kappa shape index (κ2) is 5.31. The summed E-state index contributed by atoms with van der Waals surface area (Å²) < 4.78 is 21.3. The number of rotatable bonds is 1. The molecule has 0 aromatic rings. The van der Waals surface area contributed by atoms with Crippen molar-refractivity contribution < 1.29 is 13.2 Å². The third-order valence-corrected chi connectivity index (χ3v) is 0.967. The Hall–Kier alpha value is -0.490. The van der Waals surface area contributed by atoms with Gasteiger partial charge < -0.3 is 4.90 Å². The van der Waals surface area contributed by atoms with E-state index >= 15 is 0 Å². The van der Waals surface area contributed by atoms with Crippen LogP contribution in [-0.4, -0.2) is 33.4 Å². The van der Waals surface area contributed by atoms with E-state index in [1.165, 1.54) is 14.1 Å². The molecule has 1 N–H and O–H groups in total. The summed E-state index contributed by atoms with van der Waals surface area (Å²) in [6, 6.07) is -0.633. The van der Waals surface area contributed by atoms with Gasteiger partial charge >= 0.3 is 6.03 Å². The van der Waals surface area contributed by atoms with Crippen LogP contribution in [0.5, 0.6) is 0 Å². The minimum atomic E-state index is -2.81. The van der Waals surface area contributed by atoms with Gasteiger partial charge in [0.1, 0.15) is 0 Å². The molecule has 0 aliphatic carbocycles. The number of carbonyl (C=O) groups excluding carboxylic acids is 1. The third kappa shape index (κ3) is 5.64. The quantitative estimate of drug-likeness (QED) is 0.530. The van der Waals surface area contributed by atoms with Crippen molar-refractivity contribution in [1.29, 1.82) is 0 Å².